The number of para-hydroxylation sites is 1. The van der Waals surface area contributed by atoms with E-state index in [2.05, 4.69) is 0 Å². The summed E-state index contributed by atoms with van der Waals surface area (Å²) >= 11 is 0. The van der Waals surface area contributed by atoms with Gasteiger partial charge in [-0.2, -0.15) is 0 Å². The van der Waals surface area contributed by atoms with Crippen LogP contribution in [0.4, 0.5) is 0 Å². The van der Waals surface area contributed by atoms with Gasteiger partial charge in [0.05, 0.1) is 23.7 Å². The lowest BCUT2D eigenvalue weighted by Crippen LogP contribution is -2.22. The van der Waals surface area contributed by atoms with E-state index in [4.69, 9.17) is 9.72 Å². The van der Waals surface area contributed by atoms with Gasteiger partial charge in [-0.3, -0.25) is 9.36 Å². The van der Waals surface area contributed by atoms with Crippen LogP contribution in [-0.2, 0) is 0 Å². The number of hydrogen-bond acceptors (Lipinski definition) is 3. The van der Waals surface area contributed by atoms with Crippen LogP contribution in [0.25, 0.3) is 28.0 Å². The molecular weight excluding hydrogens is 312 g/mol. The Labute approximate surface area is 145 Å². The zero-order chi connectivity index (χ0) is 17.2. The van der Waals surface area contributed by atoms with Gasteiger partial charge in [-0.15, -0.1) is 0 Å². The molecule has 4 nitrogen and oxygen atoms in total. The molecule has 0 radical (unpaired) electrons. The predicted octanol–water partition coefficient (Wildman–Crippen LogP) is 4.06. The Kier molecular flexibility index (Phi) is 3.78. The van der Waals surface area contributed by atoms with Gasteiger partial charge < -0.3 is 4.74 Å². The Morgan fingerprint density at radius 3 is 2.24 bits per heavy atom. The quantitative estimate of drug-likeness (QED) is 0.569. The highest BCUT2D eigenvalue weighted by Gasteiger charge is 2.14. The van der Waals surface area contributed by atoms with Crippen molar-refractivity contribution in [1.29, 1.82) is 0 Å². The van der Waals surface area contributed by atoms with Gasteiger partial charge in [-0.05, 0) is 30.3 Å². The van der Waals surface area contributed by atoms with Crippen molar-refractivity contribution in [2.45, 2.75) is 0 Å². The Morgan fingerprint density at radius 1 is 0.880 bits per heavy atom. The Balaban J connectivity index is 2.11. The van der Waals surface area contributed by atoms with E-state index in [1.165, 1.54) is 0 Å². The van der Waals surface area contributed by atoms with Crippen LogP contribution in [0, 0.1) is 0 Å². The molecule has 3 aromatic carbocycles. The lowest BCUT2D eigenvalue weighted by Gasteiger charge is -2.14. The minimum Gasteiger partial charge on any atom is -0.497 e. The van der Waals surface area contributed by atoms with Gasteiger partial charge in [-0.1, -0.05) is 48.5 Å². The van der Waals surface area contributed by atoms with E-state index in [9.17, 15) is 4.79 Å². The first-order valence-corrected chi connectivity index (χ1v) is 7.99. The molecule has 0 saturated heterocycles. The van der Waals surface area contributed by atoms with Crippen LogP contribution in [-0.4, -0.2) is 16.7 Å². The van der Waals surface area contributed by atoms with Gasteiger partial charge in [-0.25, -0.2) is 4.98 Å². The molecule has 0 spiro atoms. The summed E-state index contributed by atoms with van der Waals surface area (Å²) in [6.45, 7) is 0. The summed E-state index contributed by atoms with van der Waals surface area (Å²) in [6, 6.07) is 24.7. The van der Waals surface area contributed by atoms with Crippen LogP contribution in [0.3, 0.4) is 0 Å². The maximum Gasteiger partial charge on any atom is 0.266 e. The summed E-state index contributed by atoms with van der Waals surface area (Å²) in [4.78, 5) is 18.0. The minimum absolute atomic E-state index is 0.117. The SMILES string of the molecule is COc1ccc2nc(-c3ccccc3)n(-c3ccccc3)c(=O)c2c1. The smallest absolute Gasteiger partial charge is 0.266 e. The van der Waals surface area contributed by atoms with Gasteiger partial charge in [0.1, 0.15) is 11.6 Å². The molecule has 1 aromatic heterocycles. The third-order valence-electron chi connectivity index (χ3n) is 4.12. The number of benzene rings is 3. The van der Waals surface area contributed by atoms with Crippen molar-refractivity contribution < 1.29 is 4.74 Å². The monoisotopic (exact) mass is 328 g/mol. The lowest BCUT2D eigenvalue weighted by atomic mass is 10.1. The molecule has 0 bridgehead atoms. The second-order valence-electron chi connectivity index (χ2n) is 5.66. The summed E-state index contributed by atoms with van der Waals surface area (Å²) in [5.74, 6) is 1.26. The topological polar surface area (TPSA) is 44.1 Å². The molecule has 1 heterocycles. The Bertz CT molecular complexity index is 1090. The average molecular weight is 328 g/mol. The summed E-state index contributed by atoms with van der Waals surface area (Å²) in [5, 5.41) is 0.530. The molecule has 0 saturated carbocycles. The van der Waals surface area contributed by atoms with E-state index < -0.39 is 0 Å². The molecule has 4 rings (SSSR count). The average Bonchev–Trinajstić information content (AvgIpc) is 2.69. The summed E-state index contributed by atoms with van der Waals surface area (Å²) < 4.78 is 6.91. The molecule has 25 heavy (non-hydrogen) atoms. The van der Waals surface area contributed by atoms with Crippen molar-refractivity contribution in [2.24, 2.45) is 0 Å². The summed E-state index contributed by atoms with van der Waals surface area (Å²) in [6.07, 6.45) is 0. The van der Waals surface area contributed by atoms with Crippen molar-refractivity contribution in [3.8, 4) is 22.8 Å². The number of rotatable bonds is 3. The Hall–Kier alpha value is -3.40. The highest BCUT2D eigenvalue weighted by Crippen LogP contribution is 2.23. The second-order valence-corrected chi connectivity index (χ2v) is 5.66. The number of aromatic nitrogens is 2. The molecule has 4 aromatic rings. The largest absolute Gasteiger partial charge is 0.497 e. The maximum absolute atomic E-state index is 13.3. The van der Waals surface area contributed by atoms with Crippen LogP contribution in [0.2, 0.25) is 0 Å². The summed E-state index contributed by atoms with van der Waals surface area (Å²) in [7, 11) is 1.59. The van der Waals surface area contributed by atoms with E-state index in [0.717, 1.165) is 11.3 Å². The molecule has 0 fully saturated rings. The van der Waals surface area contributed by atoms with Gasteiger partial charge in [0.25, 0.3) is 5.56 Å². The van der Waals surface area contributed by atoms with Gasteiger partial charge in [0.15, 0.2) is 0 Å². The van der Waals surface area contributed by atoms with Crippen molar-refractivity contribution >= 4 is 10.9 Å². The fourth-order valence-electron chi connectivity index (χ4n) is 2.89. The van der Waals surface area contributed by atoms with E-state index >= 15 is 0 Å². The highest BCUT2D eigenvalue weighted by atomic mass is 16.5. The summed E-state index contributed by atoms with van der Waals surface area (Å²) in [5.41, 5.74) is 2.20. The molecule has 0 unspecified atom stereocenters. The molecule has 0 amide bonds. The van der Waals surface area contributed by atoms with Crippen LogP contribution in [0.5, 0.6) is 5.75 Å². The molecule has 0 atom stereocenters. The van der Waals surface area contributed by atoms with Crippen LogP contribution in [0.1, 0.15) is 0 Å². The van der Waals surface area contributed by atoms with E-state index in [-0.39, 0.29) is 5.56 Å². The minimum atomic E-state index is -0.117. The third kappa shape index (κ3) is 2.68. The van der Waals surface area contributed by atoms with Crippen LogP contribution in [0.15, 0.2) is 83.7 Å². The Morgan fingerprint density at radius 2 is 1.56 bits per heavy atom. The number of nitrogens with zero attached hydrogens (tertiary/aromatic N) is 2. The molecular formula is C21H16N2O2. The van der Waals surface area contributed by atoms with Crippen molar-refractivity contribution in [3.05, 3.63) is 89.2 Å². The van der Waals surface area contributed by atoms with Crippen LogP contribution >= 0.6 is 0 Å². The van der Waals surface area contributed by atoms with E-state index in [0.29, 0.717) is 22.5 Å². The standard InChI is InChI=1S/C21H16N2O2/c1-25-17-12-13-19-18(14-17)21(24)23(16-10-6-3-7-11-16)20(22-19)15-8-4-2-5-9-15/h2-14H,1H3. The van der Waals surface area contributed by atoms with Crippen LogP contribution < -0.4 is 10.3 Å². The number of fused-ring (bicyclic) bond motifs is 1. The normalized spacial score (nSPS) is 10.8. The third-order valence-corrected chi connectivity index (χ3v) is 4.12. The lowest BCUT2D eigenvalue weighted by molar-refractivity contribution is 0.415. The van der Waals surface area contributed by atoms with Gasteiger partial charge in [0.2, 0.25) is 0 Å². The van der Waals surface area contributed by atoms with Gasteiger partial charge >= 0.3 is 0 Å². The predicted molar refractivity (Wildman–Crippen MR) is 99.3 cm³/mol. The fourth-order valence-corrected chi connectivity index (χ4v) is 2.89. The first-order chi connectivity index (χ1) is 12.3. The number of ether oxygens (including phenoxy) is 1. The van der Waals surface area contributed by atoms with Crippen molar-refractivity contribution in [3.63, 3.8) is 0 Å². The first kappa shape index (κ1) is 15.1. The molecule has 122 valence electrons. The van der Waals surface area contributed by atoms with E-state index in [1.807, 2.05) is 72.8 Å². The number of hydrogen-bond donors (Lipinski definition) is 0. The van der Waals surface area contributed by atoms with Crippen molar-refractivity contribution in [1.82, 2.24) is 9.55 Å². The number of methoxy groups -OCH3 is 1. The van der Waals surface area contributed by atoms with E-state index in [1.54, 1.807) is 17.7 Å². The molecule has 0 N–H and O–H groups in total. The molecule has 4 heteroatoms. The first-order valence-electron chi connectivity index (χ1n) is 7.99. The second kappa shape index (κ2) is 6.24. The fraction of sp³-hybridized carbons (Fsp3) is 0.0476. The molecule has 0 aliphatic heterocycles. The zero-order valence-corrected chi connectivity index (χ0v) is 13.7. The highest BCUT2D eigenvalue weighted by molar-refractivity contribution is 5.82. The van der Waals surface area contributed by atoms with Crippen molar-refractivity contribution in [2.75, 3.05) is 7.11 Å². The van der Waals surface area contributed by atoms with Gasteiger partial charge in [0, 0.05) is 5.56 Å². The molecule has 0 aliphatic carbocycles. The molecule has 0 aliphatic rings. The maximum atomic E-state index is 13.3. The zero-order valence-electron chi connectivity index (χ0n) is 13.7.